The van der Waals surface area contributed by atoms with E-state index < -0.39 is 27.2 Å². The SMILES string of the molecule is CC(C)(C)OC(=O)/C=C/c1cccc(S(=O)(=O)N2CCc3cc(CCC(=O)OC(C)(C)C)cnc32)c1. The van der Waals surface area contributed by atoms with Crippen molar-refractivity contribution in [3.05, 3.63) is 59.3 Å². The number of fused-ring (bicyclic) bond motifs is 1. The van der Waals surface area contributed by atoms with E-state index in [9.17, 15) is 18.0 Å². The number of rotatable bonds is 7. The van der Waals surface area contributed by atoms with E-state index in [1.807, 2.05) is 26.8 Å². The van der Waals surface area contributed by atoms with Gasteiger partial charge in [-0.2, -0.15) is 0 Å². The van der Waals surface area contributed by atoms with Gasteiger partial charge in [0, 0.05) is 25.2 Å². The Balaban J connectivity index is 1.73. The lowest BCUT2D eigenvalue weighted by Crippen LogP contribution is -2.29. The highest BCUT2D eigenvalue weighted by atomic mass is 32.2. The average Bonchev–Trinajstić information content (AvgIpc) is 3.18. The van der Waals surface area contributed by atoms with E-state index in [4.69, 9.17) is 9.47 Å². The maximum absolute atomic E-state index is 13.4. The van der Waals surface area contributed by atoms with Gasteiger partial charge in [-0.25, -0.2) is 22.5 Å². The largest absolute Gasteiger partial charge is 0.460 e. The lowest BCUT2D eigenvalue weighted by molar-refractivity contribution is -0.154. The number of pyridine rings is 1. The quantitative estimate of drug-likeness (QED) is 0.397. The molecule has 0 spiro atoms. The van der Waals surface area contributed by atoms with Crippen molar-refractivity contribution in [3.63, 3.8) is 0 Å². The number of sulfonamides is 1. The number of nitrogens with zero attached hydrogens (tertiary/aromatic N) is 2. The van der Waals surface area contributed by atoms with Crippen molar-refractivity contribution >= 4 is 33.9 Å². The van der Waals surface area contributed by atoms with Crippen LogP contribution in [0.15, 0.2) is 47.5 Å². The lowest BCUT2D eigenvalue weighted by Gasteiger charge is -2.20. The van der Waals surface area contributed by atoms with Gasteiger partial charge in [-0.05, 0) is 89.3 Å². The number of anilines is 1. The van der Waals surface area contributed by atoms with Gasteiger partial charge in [0.25, 0.3) is 10.0 Å². The summed E-state index contributed by atoms with van der Waals surface area (Å²) in [6.07, 6.45) is 5.64. The van der Waals surface area contributed by atoms with Gasteiger partial charge in [-0.1, -0.05) is 18.2 Å². The summed E-state index contributed by atoms with van der Waals surface area (Å²) in [7, 11) is -3.85. The first-order valence-corrected chi connectivity index (χ1v) is 13.3. The second kappa shape index (κ2) is 10.4. The third kappa shape index (κ3) is 7.40. The number of ether oxygens (including phenoxy) is 2. The summed E-state index contributed by atoms with van der Waals surface area (Å²) in [6.45, 7) is 11.1. The van der Waals surface area contributed by atoms with E-state index >= 15 is 0 Å². The number of carbonyl (C=O) groups is 2. The molecule has 9 heteroatoms. The molecule has 8 nitrogen and oxygen atoms in total. The summed E-state index contributed by atoms with van der Waals surface area (Å²) in [4.78, 5) is 28.5. The molecule has 2 heterocycles. The summed E-state index contributed by atoms with van der Waals surface area (Å²) in [5.41, 5.74) is 1.09. The van der Waals surface area contributed by atoms with Gasteiger partial charge < -0.3 is 9.47 Å². The maximum Gasteiger partial charge on any atom is 0.331 e. The van der Waals surface area contributed by atoms with Crippen LogP contribution in [0, 0.1) is 0 Å². The molecule has 0 atom stereocenters. The zero-order valence-electron chi connectivity index (χ0n) is 21.7. The van der Waals surface area contributed by atoms with E-state index in [-0.39, 0.29) is 23.8 Å². The highest BCUT2D eigenvalue weighted by Crippen LogP contribution is 2.32. The van der Waals surface area contributed by atoms with E-state index in [0.29, 0.717) is 24.2 Å². The predicted molar refractivity (Wildman–Crippen MR) is 138 cm³/mol. The molecule has 0 radical (unpaired) electrons. The molecule has 0 saturated heterocycles. The number of carbonyl (C=O) groups excluding carboxylic acids is 2. The number of benzene rings is 1. The van der Waals surface area contributed by atoms with Crippen molar-refractivity contribution in [1.29, 1.82) is 0 Å². The number of aryl methyl sites for hydroxylation is 1. The highest BCUT2D eigenvalue weighted by Gasteiger charge is 2.32. The molecule has 1 aromatic heterocycles. The van der Waals surface area contributed by atoms with Crippen LogP contribution in [0.4, 0.5) is 5.82 Å². The molecule has 0 fully saturated rings. The molecule has 3 rings (SSSR count). The first kappa shape index (κ1) is 27.4. The number of aromatic nitrogens is 1. The smallest absolute Gasteiger partial charge is 0.331 e. The zero-order chi connectivity index (χ0) is 26.7. The molecule has 1 aromatic carbocycles. The molecule has 2 aromatic rings. The minimum Gasteiger partial charge on any atom is -0.460 e. The van der Waals surface area contributed by atoms with E-state index in [2.05, 4.69) is 4.98 Å². The van der Waals surface area contributed by atoms with Crippen molar-refractivity contribution in [3.8, 4) is 0 Å². The minimum atomic E-state index is -3.85. The van der Waals surface area contributed by atoms with Crippen LogP contribution in [0.1, 0.15) is 64.7 Å². The van der Waals surface area contributed by atoms with Gasteiger partial charge in [-0.15, -0.1) is 0 Å². The first-order valence-electron chi connectivity index (χ1n) is 11.9. The van der Waals surface area contributed by atoms with Crippen molar-refractivity contribution < 1.29 is 27.5 Å². The molecule has 0 aliphatic carbocycles. The predicted octanol–water partition coefficient (Wildman–Crippen LogP) is 4.46. The van der Waals surface area contributed by atoms with Crippen molar-refractivity contribution in [2.45, 2.75) is 76.9 Å². The van der Waals surface area contributed by atoms with Crippen molar-refractivity contribution in [2.75, 3.05) is 10.8 Å². The second-order valence-corrected chi connectivity index (χ2v) is 12.5. The first-order chi connectivity index (χ1) is 16.6. The van der Waals surface area contributed by atoms with Crippen molar-refractivity contribution in [1.82, 2.24) is 4.98 Å². The molecule has 194 valence electrons. The van der Waals surface area contributed by atoms with Gasteiger partial charge in [0.1, 0.15) is 17.0 Å². The van der Waals surface area contributed by atoms with Gasteiger partial charge in [0.15, 0.2) is 0 Å². The molecular weight excluding hydrogens is 480 g/mol. The van der Waals surface area contributed by atoms with E-state index in [1.165, 1.54) is 28.6 Å². The Morgan fingerprint density at radius 2 is 1.75 bits per heavy atom. The average molecular weight is 515 g/mol. The third-order valence-corrected chi connectivity index (χ3v) is 6.91. The van der Waals surface area contributed by atoms with Gasteiger partial charge in [0.05, 0.1) is 4.90 Å². The molecule has 0 unspecified atom stereocenters. The molecule has 0 bridgehead atoms. The van der Waals surface area contributed by atoms with Gasteiger partial charge in [0.2, 0.25) is 0 Å². The minimum absolute atomic E-state index is 0.109. The molecule has 36 heavy (non-hydrogen) atoms. The fourth-order valence-corrected chi connectivity index (χ4v) is 5.22. The number of hydrogen-bond acceptors (Lipinski definition) is 7. The molecule has 1 aliphatic heterocycles. The van der Waals surface area contributed by atoms with Crippen molar-refractivity contribution in [2.24, 2.45) is 0 Å². The fourth-order valence-electron chi connectivity index (χ4n) is 3.70. The summed E-state index contributed by atoms with van der Waals surface area (Å²) < 4.78 is 38.7. The van der Waals surface area contributed by atoms with Crippen LogP contribution in [-0.2, 0) is 41.9 Å². The Morgan fingerprint density at radius 1 is 1.06 bits per heavy atom. The zero-order valence-corrected chi connectivity index (χ0v) is 22.5. The molecular formula is C27H34N2O6S. The fraction of sp³-hybridized carbons (Fsp3) is 0.444. The Labute approximate surface area is 213 Å². The number of hydrogen-bond donors (Lipinski definition) is 0. The summed E-state index contributed by atoms with van der Waals surface area (Å²) in [6, 6.07) is 8.29. The Bertz CT molecular complexity index is 1270. The van der Waals surface area contributed by atoms with Crippen LogP contribution in [0.3, 0.4) is 0 Å². The van der Waals surface area contributed by atoms with Crippen LogP contribution in [0.5, 0.6) is 0 Å². The van der Waals surface area contributed by atoms with E-state index in [1.54, 1.807) is 39.1 Å². The van der Waals surface area contributed by atoms with Gasteiger partial charge >= 0.3 is 11.9 Å². The van der Waals surface area contributed by atoms with E-state index in [0.717, 1.165) is 11.1 Å². The number of esters is 2. The standard InChI is InChI=1S/C27H34N2O6S/c1-26(2,3)34-23(30)12-10-19-8-7-9-22(17-19)36(32,33)29-15-14-21-16-20(18-28-25(21)29)11-13-24(31)35-27(4,5)6/h7-10,12,16-18H,11,13-15H2,1-6H3/b12-10+. The summed E-state index contributed by atoms with van der Waals surface area (Å²) in [5, 5.41) is 0. The lowest BCUT2D eigenvalue weighted by atomic mass is 10.1. The highest BCUT2D eigenvalue weighted by molar-refractivity contribution is 7.92. The molecule has 0 N–H and O–H groups in total. The summed E-state index contributed by atoms with van der Waals surface area (Å²) in [5.74, 6) is -0.394. The maximum atomic E-state index is 13.4. The molecule has 1 aliphatic rings. The Morgan fingerprint density at radius 3 is 2.42 bits per heavy atom. The Kier molecular flexibility index (Phi) is 7.93. The molecule has 0 amide bonds. The summed E-state index contributed by atoms with van der Waals surface area (Å²) >= 11 is 0. The second-order valence-electron chi connectivity index (χ2n) is 10.7. The van der Waals surface area contributed by atoms with Crippen LogP contribution >= 0.6 is 0 Å². The Hall–Kier alpha value is -3.20. The van der Waals surface area contributed by atoms with Crippen LogP contribution in [0.25, 0.3) is 6.08 Å². The van der Waals surface area contributed by atoms with Crippen LogP contribution in [0.2, 0.25) is 0 Å². The normalized spacial score (nSPS) is 14.1. The van der Waals surface area contributed by atoms with Crippen LogP contribution < -0.4 is 4.31 Å². The molecule has 0 saturated carbocycles. The van der Waals surface area contributed by atoms with Crippen LogP contribution in [-0.4, -0.2) is 43.1 Å². The topological polar surface area (TPSA) is 103 Å². The monoisotopic (exact) mass is 514 g/mol. The van der Waals surface area contributed by atoms with Gasteiger partial charge in [-0.3, -0.25) is 4.79 Å². The third-order valence-electron chi connectivity index (χ3n) is 5.12.